The van der Waals surface area contributed by atoms with Crippen molar-refractivity contribution < 1.29 is 14.3 Å². The van der Waals surface area contributed by atoms with E-state index in [0.29, 0.717) is 28.7 Å². The first-order valence-electron chi connectivity index (χ1n) is 10.6. The molecule has 0 saturated heterocycles. The molecule has 33 heavy (non-hydrogen) atoms. The zero-order valence-electron chi connectivity index (χ0n) is 18.7. The Balaban J connectivity index is 1.75. The highest BCUT2D eigenvalue weighted by Gasteiger charge is 2.25. The average Bonchev–Trinajstić information content (AvgIpc) is 3.10. The van der Waals surface area contributed by atoms with E-state index in [-0.39, 0.29) is 0 Å². The summed E-state index contributed by atoms with van der Waals surface area (Å²) in [6, 6.07) is 16.8. The number of carbonyl (C=O) groups excluding carboxylic acids is 2. The van der Waals surface area contributed by atoms with Crippen LogP contribution in [0.2, 0.25) is 5.02 Å². The summed E-state index contributed by atoms with van der Waals surface area (Å²) in [7, 11) is 1.49. The summed E-state index contributed by atoms with van der Waals surface area (Å²) < 4.78 is 7.16. The van der Waals surface area contributed by atoms with Gasteiger partial charge in [0.05, 0.1) is 12.7 Å². The van der Waals surface area contributed by atoms with Gasteiger partial charge in [-0.25, -0.2) is 4.98 Å². The summed E-state index contributed by atoms with van der Waals surface area (Å²) in [5.41, 5.74) is 4.64. The van der Waals surface area contributed by atoms with Gasteiger partial charge in [0, 0.05) is 46.1 Å². The molecule has 1 amide bonds. The number of nitrogens with one attached hydrogen (secondary N) is 1. The second-order valence-corrected chi connectivity index (χ2v) is 8.18. The van der Waals surface area contributed by atoms with E-state index in [4.69, 9.17) is 16.3 Å². The van der Waals surface area contributed by atoms with Crippen molar-refractivity contribution in [3.05, 3.63) is 88.2 Å². The minimum atomic E-state index is -0.709. The number of amides is 1. The van der Waals surface area contributed by atoms with Gasteiger partial charge in [-0.1, -0.05) is 36.7 Å². The molecule has 7 heteroatoms. The van der Waals surface area contributed by atoms with Crippen molar-refractivity contribution in [2.45, 2.75) is 26.8 Å². The molecular formula is C26H24ClN3O3. The van der Waals surface area contributed by atoms with E-state index in [0.717, 1.165) is 34.1 Å². The first-order valence-corrected chi connectivity index (χ1v) is 11.0. The van der Waals surface area contributed by atoms with Gasteiger partial charge in [0.25, 0.3) is 11.7 Å². The van der Waals surface area contributed by atoms with Gasteiger partial charge >= 0.3 is 0 Å². The Labute approximate surface area is 197 Å². The number of Topliss-reactive ketones (excluding diaryl/α,β-unsaturated/α-hetero) is 1. The molecule has 0 unspecified atom stereocenters. The number of pyridine rings is 1. The average molecular weight is 462 g/mol. The molecule has 0 radical (unpaired) electrons. The van der Waals surface area contributed by atoms with E-state index in [9.17, 15) is 9.59 Å². The normalized spacial score (nSPS) is 10.9. The van der Waals surface area contributed by atoms with Crippen LogP contribution in [-0.2, 0) is 17.8 Å². The van der Waals surface area contributed by atoms with Gasteiger partial charge in [-0.2, -0.15) is 0 Å². The molecule has 0 saturated carbocycles. The van der Waals surface area contributed by atoms with Gasteiger partial charge in [-0.05, 0) is 54.8 Å². The van der Waals surface area contributed by atoms with Crippen LogP contribution in [0.1, 0.15) is 34.1 Å². The Kier molecular flexibility index (Phi) is 6.47. The van der Waals surface area contributed by atoms with Crippen LogP contribution in [0.5, 0.6) is 5.88 Å². The Morgan fingerprint density at radius 1 is 1.06 bits per heavy atom. The number of aryl methyl sites for hydroxylation is 1. The van der Waals surface area contributed by atoms with Crippen LogP contribution in [-0.4, -0.2) is 28.4 Å². The number of ether oxygens (including phenoxy) is 1. The largest absolute Gasteiger partial charge is 0.481 e. The summed E-state index contributed by atoms with van der Waals surface area (Å²) in [5.74, 6) is -0.946. The van der Waals surface area contributed by atoms with E-state index in [1.165, 1.54) is 13.3 Å². The molecule has 2 aromatic heterocycles. The predicted molar refractivity (Wildman–Crippen MR) is 130 cm³/mol. The van der Waals surface area contributed by atoms with E-state index in [1.54, 1.807) is 12.1 Å². The van der Waals surface area contributed by atoms with E-state index in [2.05, 4.69) is 27.9 Å². The van der Waals surface area contributed by atoms with Crippen molar-refractivity contribution in [3.8, 4) is 5.88 Å². The highest BCUT2D eigenvalue weighted by Crippen LogP contribution is 2.29. The zero-order valence-corrected chi connectivity index (χ0v) is 19.4. The van der Waals surface area contributed by atoms with Gasteiger partial charge in [-0.15, -0.1) is 0 Å². The summed E-state index contributed by atoms with van der Waals surface area (Å²) in [6.07, 6.45) is 2.34. The van der Waals surface area contributed by atoms with Crippen molar-refractivity contribution in [2.24, 2.45) is 0 Å². The lowest BCUT2D eigenvalue weighted by Gasteiger charge is -2.10. The molecule has 0 aliphatic heterocycles. The molecule has 1 N–H and O–H groups in total. The monoisotopic (exact) mass is 461 g/mol. The van der Waals surface area contributed by atoms with Gasteiger partial charge in [0.1, 0.15) is 0 Å². The number of rotatable bonds is 7. The number of hydrogen-bond donors (Lipinski definition) is 1. The standard InChI is InChI=1S/C26H24ClN3O3/c1-4-17-7-10-22-21(13-17)24(16(2)30(22)15-18-5-8-19(27)9-6-18)25(31)26(32)29-20-11-12-28-23(14-20)33-3/h5-14H,4,15H2,1-3H3,(H,28,29,32). The van der Waals surface area contributed by atoms with Crippen LogP contribution >= 0.6 is 11.6 Å². The van der Waals surface area contributed by atoms with Crippen LogP contribution in [0.4, 0.5) is 5.69 Å². The molecule has 4 aromatic rings. The fourth-order valence-corrected chi connectivity index (χ4v) is 4.04. The fourth-order valence-electron chi connectivity index (χ4n) is 3.91. The molecule has 6 nitrogen and oxygen atoms in total. The minimum Gasteiger partial charge on any atom is -0.481 e. The lowest BCUT2D eigenvalue weighted by atomic mass is 10.0. The van der Waals surface area contributed by atoms with E-state index >= 15 is 0 Å². The number of hydrogen-bond acceptors (Lipinski definition) is 4. The highest BCUT2D eigenvalue weighted by atomic mass is 35.5. The third-order valence-electron chi connectivity index (χ3n) is 5.69. The molecule has 0 bridgehead atoms. The molecule has 0 spiro atoms. The number of fused-ring (bicyclic) bond motifs is 1. The van der Waals surface area contributed by atoms with Crippen LogP contribution < -0.4 is 10.1 Å². The van der Waals surface area contributed by atoms with Crippen LogP contribution in [0.3, 0.4) is 0 Å². The lowest BCUT2D eigenvalue weighted by Crippen LogP contribution is -2.23. The molecule has 2 aromatic carbocycles. The fraction of sp³-hybridized carbons (Fsp3) is 0.192. The molecule has 0 atom stereocenters. The van der Waals surface area contributed by atoms with Gasteiger partial charge in [0.15, 0.2) is 0 Å². The zero-order chi connectivity index (χ0) is 23.5. The first-order chi connectivity index (χ1) is 15.9. The number of anilines is 1. The van der Waals surface area contributed by atoms with Crippen LogP contribution in [0, 0.1) is 6.92 Å². The van der Waals surface area contributed by atoms with E-state index in [1.807, 2.05) is 43.3 Å². The van der Waals surface area contributed by atoms with Crippen LogP contribution in [0.15, 0.2) is 60.8 Å². The van der Waals surface area contributed by atoms with Crippen molar-refractivity contribution in [1.82, 2.24) is 9.55 Å². The predicted octanol–water partition coefficient (Wildman–Crippen LogP) is 5.44. The number of aromatic nitrogens is 2. The summed E-state index contributed by atoms with van der Waals surface area (Å²) in [4.78, 5) is 30.3. The van der Waals surface area contributed by atoms with Gasteiger partial charge in [-0.3, -0.25) is 9.59 Å². The number of halogens is 1. The second-order valence-electron chi connectivity index (χ2n) is 7.75. The Morgan fingerprint density at radius 3 is 2.48 bits per heavy atom. The number of ketones is 1. The third kappa shape index (κ3) is 4.61. The van der Waals surface area contributed by atoms with E-state index < -0.39 is 11.7 Å². The Morgan fingerprint density at radius 2 is 1.79 bits per heavy atom. The summed E-state index contributed by atoms with van der Waals surface area (Å²) >= 11 is 6.03. The van der Waals surface area contributed by atoms with Gasteiger partial charge < -0.3 is 14.6 Å². The molecule has 0 aliphatic carbocycles. The summed E-state index contributed by atoms with van der Waals surface area (Å²) in [5, 5.41) is 4.11. The maximum Gasteiger partial charge on any atom is 0.296 e. The summed E-state index contributed by atoms with van der Waals surface area (Å²) in [6.45, 7) is 4.49. The second kappa shape index (κ2) is 9.46. The molecule has 4 rings (SSSR count). The number of benzene rings is 2. The molecule has 0 fully saturated rings. The topological polar surface area (TPSA) is 73.2 Å². The number of nitrogens with zero attached hydrogens (tertiary/aromatic N) is 2. The Hall–Kier alpha value is -3.64. The Bertz CT molecular complexity index is 1340. The van der Waals surface area contributed by atoms with Crippen molar-refractivity contribution in [1.29, 1.82) is 0 Å². The van der Waals surface area contributed by atoms with Crippen LogP contribution in [0.25, 0.3) is 10.9 Å². The smallest absolute Gasteiger partial charge is 0.296 e. The highest BCUT2D eigenvalue weighted by molar-refractivity contribution is 6.48. The van der Waals surface area contributed by atoms with Crippen molar-refractivity contribution >= 4 is 39.9 Å². The number of carbonyl (C=O) groups is 2. The first kappa shape index (κ1) is 22.6. The molecule has 2 heterocycles. The molecular weight excluding hydrogens is 438 g/mol. The quantitative estimate of drug-likeness (QED) is 0.294. The number of methoxy groups -OCH3 is 1. The molecule has 168 valence electrons. The van der Waals surface area contributed by atoms with Crippen molar-refractivity contribution in [3.63, 3.8) is 0 Å². The minimum absolute atomic E-state index is 0.351. The lowest BCUT2D eigenvalue weighted by molar-refractivity contribution is -0.112. The third-order valence-corrected chi connectivity index (χ3v) is 5.94. The van der Waals surface area contributed by atoms with Gasteiger partial charge in [0.2, 0.25) is 5.88 Å². The molecule has 0 aliphatic rings. The maximum atomic E-state index is 13.4. The maximum absolute atomic E-state index is 13.4. The SMILES string of the molecule is CCc1ccc2c(c1)c(C(=O)C(=O)Nc1ccnc(OC)c1)c(C)n2Cc1ccc(Cl)cc1. The van der Waals surface area contributed by atoms with Crippen molar-refractivity contribution in [2.75, 3.05) is 12.4 Å².